The molecule has 0 unspecified atom stereocenters. The Morgan fingerprint density at radius 1 is 0.433 bits per heavy atom. The molecule has 2 aromatic rings. The second kappa shape index (κ2) is 8.40. The van der Waals surface area contributed by atoms with E-state index in [-0.39, 0.29) is 0 Å². The maximum absolute atomic E-state index is 12.1. The first-order valence-electron chi connectivity index (χ1n) is 6.70. The zero-order chi connectivity index (χ0) is 23.4. The molecule has 0 aromatic heterocycles. The number of halogens is 6. The zero-order valence-corrected chi connectivity index (χ0v) is 21.3. The summed E-state index contributed by atoms with van der Waals surface area (Å²) in [6.07, 6.45) is 0. The van der Waals surface area contributed by atoms with Gasteiger partial charge in [0.25, 0.3) is 36.2 Å². The summed E-state index contributed by atoms with van der Waals surface area (Å²) in [5.74, 6) is 0. The molecular formula is C12H4Cl6O8S4. The lowest BCUT2D eigenvalue weighted by molar-refractivity contribution is 0.603. The van der Waals surface area contributed by atoms with E-state index in [9.17, 15) is 33.7 Å². The molecule has 8 nitrogen and oxygen atoms in total. The standard InChI is InChI=1S/C12H4Cl6O8S4/c13-5-1-7(27(15,19)20)11(8(2-5)28(16,21)22)12-9(29(17,23)24)3-6(14)4-10(12)30(18,25)26/h1-4H. The summed E-state index contributed by atoms with van der Waals surface area (Å²) in [5.41, 5.74) is -2.08. The Kier molecular flexibility index (Phi) is 7.34. The van der Waals surface area contributed by atoms with E-state index in [1.807, 2.05) is 0 Å². The minimum atomic E-state index is -4.87. The summed E-state index contributed by atoms with van der Waals surface area (Å²) in [5, 5.41) is -0.978. The van der Waals surface area contributed by atoms with Crippen molar-refractivity contribution < 1.29 is 33.7 Å². The smallest absolute Gasteiger partial charge is 0.207 e. The molecule has 0 aliphatic rings. The van der Waals surface area contributed by atoms with Crippen LogP contribution in [-0.2, 0) is 36.2 Å². The molecule has 18 heteroatoms. The van der Waals surface area contributed by atoms with Gasteiger partial charge in [-0.25, -0.2) is 33.7 Å². The van der Waals surface area contributed by atoms with E-state index < -0.39 is 77.0 Å². The quantitative estimate of drug-likeness (QED) is 0.452. The first-order chi connectivity index (χ1) is 13.2. The lowest BCUT2D eigenvalue weighted by Crippen LogP contribution is -2.08. The van der Waals surface area contributed by atoms with Crippen molar-refractivity contribution in [1.29, 1.82) is 0 Å². The summed E-state index contributed by atoms with van der Waals surface area (Å²) in [6.45, 7) is 0. The Labute approximate surface area is 199 Å². The van der Waals surface area contributed by atoms with E-state index in [0.29, 0.717) is 24.3 Å². The highest BCUT2D eigenvalue weighted by Crippen LogP contribution is 2.46. The largest absolute Gasteiger partial charge is 0.262 e. The molecule has 0 aliphatic carbocycles. The Balaban J connectivity index is 3.45. The van der Waals surface area contributed by atoms with Crippen molar-refractivity contribution >= 4 is 102 Å². The molecule has 0 spiro atoms. The number of rotatable bonds is 5. The van der Waals surface area contributed by atoms with Crippen LogP contribution in [0, 0.1) is 0 Å². The zero-order valence-electron chi connectivity index (χ0n) is 13.5. The fourth-order valence-electron chi connectivity index (χ4n) is 2.38. The maximum atomic E-state index is 12.1. The van der Waals surface area contributed by atoms with E-state index in [4.69, 9.17) is 65.9 Å². The Hall–Kier alpha value is -0.0200. The molecule has 0 bridgehead atoms. The molecule has 0 N–H and O–H groups in total. The second-order valence-electron chi connectivity index (χ2n) is 5.31. The highest BCUT2D eigenvalue weighted by atomic mass is 35.7. The summed E-state index contributed by atoms with van der Waals surface area (Å²) < 4.78 is 97.0. The van der Waals surface area contributed by atoms with Crippen LogP contribution in [0.25, 0.3) is 11.1 Å². The van der Waals surface area contributed by atoms with Crippen LogP contribution in [0.4, 0.5) is 0 Å². The SMILES string of the molecule is O=S(=O)(Cl)c1cc(Cl)cc(S(=O)(=O)Cl)c1-c1c(S(=O)(=O)Cl)cc(Cl)cc1S(=O)(=O)Cl. The van der Waals surface area contributed by atoms with Gasteiger partial charge in [0.2, 0.25) is 0 Å². The van der Waals surface area contributed by atoms with Crippen LogP contribution >= 0.6 is 65.9 Å². The molecule has 0 saturated carbocycles. The third-order valence-electron chi connectivity index (χ3n) is 3.36. The van der Waals surface area contributed by atoms with Gasteiger partial charge in [-0.05, 0) is 24.3 Å². The number of hydrogen-bond donors (Lipinski definition) is 0. The van der Waals surface area contributed by atoms with Crippen LogP contribution in [0.1, 0.15) is 0 Å². The molecule has 0 saturated heterocycles. The summed E-state index contributed by atoms with van der Waals surface area (Å²) in [7, 11) is 1.96. The van der Waals surface area contributed by atoms with Gasteiger partial charge in [-0.3, -0.25) is 0 Å². The van der Waals surface area contributed by atoms with Gasteiger partial charge >= 0.3 is 0 Å². The fraction of sp³-hybridized carbons (Fsp3) is 0. The van der Waals surface area contributed by atoms with Gasteiger partial charge in [-0.1, -0.05) is 23.2 Å². The van der Waals surface area contributed by atoms with Crippen molar-refractivity contribution in [3.63, 3.8) is 0 Å². The molecule has 0 radical (unpaired) electrons. The molecule has 166 valence electrons. The topological polar surface area (TPSA) is 137 Å². The van der Waals surface area contributed by atoms with Crippen LogP contribution in [-0.4, -0.2) is 33.7 Å². The van der Waals surface area contributed by atoms with Crippen LogP contribution in [0.15, 0.2) is 43.8 Å². The summed E-state index contributed by atoms with van der Waals surface area (Å²) in [6, 6.07) is 2.59. The van der Waals surface area contributed by atoms with Gasteiger partial charge in [0, 0.05) is 63.9 Å². The minimum Gasteiger partial charge on any atom is -0.207 e. The third-order valence-corrected chi connectivity index (χ3v) is 9.18. The molecular weight excluding hydrogens is 613 g/mol. The first kappa shape index (κ1) is 26.2. The van der Waals surface area contributed by atoms with Gasteiger partial charge in [-0.2, -0.15) is 0 Å². The van der Waals surface area contributed by atoms with Gasteiger partial charge in [0.1, 0.15) is 0 Å². The van der Waals surface area contributed by atoms with Gasteiger partial charge in [0.05, 0.1) is 19.6 Å². The molecule has 0 atom stereocenters. The van der Waals surface area contributed by atoms with Crippen molar-refractivity contribution in [1.82, 2.24) is 0 Å². The number of benzene rings is 2. The number of hydrogen-bond acceptors (Lipinski definition) is 8. The third kappa shape index (κ3) is 5.66. The van der Waals surface area contributed by atoms with E-state index in [0.717, 1.165) is 0 Å². The Morgan fingerprint density at radius 3 is 0.733 bits per heavy atom. The van der Waals surface area contributed by atoms with E-state index in [1.54, 1.807) is 0 Å². The highest BCUT2D eigenvalue weighted by Gasteiger charge is 2.35. The monoisotopic (exact) mass is 614 g/mol. The van der Waals surface area contributed by atoms with Crippen molar-refractivity contribution in [3.8, 4) is 11.1 Å². The van der Waals surface area contributed by atoms with Crippen molar-refractivity contribution in [2.75, 3.05) is 0 Å². The molecule has 0 fully saturated rings. The van der Waals surface area contributed by atoms with Gasteiger partial charge < -0.3 is 0 Å². The van der Waals surface area contributed by atoms with Crippen LogP contribution in [0.5, 0.6) is 0 Å². The lowest BCUT2D eigenvalue weighted by Gasteiger charge is -2.17. The molecule has 30 heavy (non-hydrogen) atoms. The van der Waals surface area contributed by atoms with E-state index >= 15 is 0 Å². The van der Waals surface area contributed by atoms with Crippen LogP contribution in [0.3, 0.4) is 0 Å². The average Bonchev–Trinajstić information content (AvgIpc) is 2.50. The fourth-order valence-corrected chi connectivity index (χ4v) is 7.56. The Morgan fingerprint density at radius 2 is 0.600 bits per heavy atom. The Bertz CT molecular complexity index is 1270. The molecule has 0 heterocycles. The predicted molar refractivity (Wildman–Crippen MR) is 114 cm³/mol. The van der Waals surface area contributed by atoms with E-state index in [2.05, 4.69) is 0 Å². The lowest BCUT2D eigenvalue weighted by atomic mass is 10.1. The van der Waals surface area contributed by atoms with Crippen molar-refractivity contribution in [2.24, 2.45) is 0 Å². The maximum Gasteiger partial charge on any atom is 0.262 e. The average molecular weight is 617 g/mol. The minimum absolute atomic E-state index is 0.489. The molecule has 2 rings (SSSR count). The van der Waals surface area contributed by atoms with Crippen molar-refractivity contribution in [3.05, 3.63) is 34.3 Å². The normalized spacial score (nSPS) is 13.4. The first-order valence-corrected chi connectivity index (χ1v) is 16.7. The van der Waals surface area contributed by atoms with Gasteiger partial charge in [-0.15, -0.1) is 0 Å². The predicted octanol–water partition coefficient (Wildman–Crippen LogP) is 4.37. The van der Waals surface area contributed by atoms with Crippen LogP contribution < -0.4 is 0 Å². The molecule has 2 aromatic carbocycles. The van der Waals surface area contributed by atoms with E-state index in [1.165, 1.54) is 0 Å². The molecule has 0 amide bonds. The summed E-state index contributed by atoms with van der Waals surface area (Å²) in [4.78, 5) is -4.33. The van der Waals surface area contributed by atoms with Crippen LogP contribution in [0.2, 0.25) is 10.0 Å². The van der Waals surface area contributed by atoms with Crippen molar-refractivity contribution in [2.45, 2.75) is 19.6 Å². The van der Waals surface area contributed by atoms with Gasteiger partial charge in [0.15, 0.2) is 0 Å². The highest BCUT2D eigenvalue weighted by molar-refractivity contribution is 8.15. The summed E-state index contributed by atoms with van der Waals surface area (Å²) >= 11 is 11.5. The second-order valence-corrected chi connectivity index (χ2v) is 16.3. The molecule has 0 aliphatic heterocycles.